The number of ether oxygens (including phenoxy) is 1. The Hall–Kier alpha value is -3.27. The summed E-state index contributed by atoms with van der Waals surface area (Å²) in [5.41, 5.74) is 1.95. The zero-order valence-corrected chi connectivity index (χ0v) is 21.8. The predicted molar refractivity (Wildman–Crippen MR) is 137 cm³/mol. The Morgan fingerprint density at radius 2 is 1.64 bits per heavy atom. The van der Waals surface area contributed by atoms with Crippen LogP contribution in [0.15, 0.2) is 78.0 Å². The van der Waals surface area contributed by atoms with E-state index in [1.807, 2.05) is 6.07 Å². The van der Waals surface area contributed by atoms with Gasteiger partial charge in [-0.25, -0.2) is 13.2 Å². The number of benzene rings is 2. The summed E-state index contributed by atoms with van der Waals surface area (Å²) in [4.78, 5) is 31.2. The Bertz CT molecular complexity index is 1280. The van der Waals surface area contributed by atoms with Crippen LogP contribution in [0.3, 0.4) is 0 Å². The van der Waals surface area contributed by atoms with Gasteiger partial charge in [0.05, 0.1) is 17.6 Å². The van der Waals surface area contributed by atoms with Gasteiger partial charge in [0.1, 0.15) is 6.04 Å². The average molecular weight is 530 g/mol. The highest BCUT2D eigenvalue weighted by Gasteiger charge is 2.32. The zero-order valence-electron chi connectivity index (χ0n) is 20.2. The third kappa shape index (κ3) is 7.13. The average Bonchev–Trinajstić information content (AvgIpc) is 2.87. The third-order valence-corrected chi connectivity index (χ3v) is 7.20. The van der Waals surface area contributed by atoms with E-state index < -0.39 is 22.0 Å². The van der Waals surface area contributed by atoms with E-state index in [0.717, 1.165) is 11.1 Å². The number of pyridine rings is 1. The fourth-order valence-corrected chi connectivity index (χ4v) is 4.99. The number of hydrogen-bond donors (Lipinski definition) is 1. The largest absolute Gasteiger partial charge is 0.465 e. The van der Waals surface area contributed by atoms with Crippen molar-refractivity contribution in [1.82, 2.24) is 14.6 Å². The van der Waals surface area contributed by atoms with Gasteiger partial charge in [-0.3, -0.25) is 9.78 Å². The van der Waals surface area contributed by atoms with Gasteiger partial charge in [-0.2, -0.15) is 4.72 Å². The molecule has 0 aliphatic heterocycles. The molecule has 0 radical (unpaired) electrons. The van der Waals surface area contributed by atoms with Crippen molar-refractivity contribution in [2.75, 3.05) is 7.11 Å². The number of nitrogens with zero attached hydrogens (tertiary/aromatic N) is 2. The van der Waals surface area contributed by atoms with Crippen LogP contribution in [0.1, 0.15) is 35.3 Å². The molecule has 1 heterocycles. The van der Waals surface area contributed by atoms with Crippen LogP contribution in [0.5, 0.6) is 0 Å². The molecule has 0 spiro atoms. The molecule has 0 fully saturated rings. The summed E-state index contributed by atoms with van der Waals surface area (Å²) in [5.74, 6) is -1.18. The molecule has 190 valence electrons. The molecule has 0 saturated heterocycles. The summed E-state index contributed by atoms with van der Waals surface area (Å²) >= 11 is 5.89. The summed E-state index contributed by atoms with van der Waals surface area (Å²) in [5, 5.41) is 0.409. The number of methoxy groups -OCH3 is 1. The lowest BCUT2D eigenvalue weighted by Crippen LogP contribution is -2.50. The number of halogens is 1. The quantitative estimate of drug-likeness (QED) is 0.397. The molecule has 0 aliphatic carbocycles. The lowest BCUT2D eigenvalue weighted by atomic mass is 10.0. The predicted octanol–water partition coefficient (Wildman–Crippen LogP) is 4.05. The molecule has 0 unspecified atom stereocenters. The van der Waals surface area contributed by atoms with E-state index in [2.05, 4.69) is 9.71 Å². The highest BCUT2D eigenvalue weighted by Crippen LogP contribution is 2.19. The number of aromatic nitrogens is 1. The standard InChI is InChI=1S/C26H28ClN3O5S/c1-18(2)24(29-36(33,34)23-12-10-22(27)11-13-23)25(31)30(17-20-5-4-14-28-15-20)16-19-6-8-21(9-7-19)26(32)35-3/h4-15,18,24,29H,16-17H2,1-3H3/t24-/m0/s1. The van der Waals surface area contributed by atoms with Crippen molar-refractivity contribution in [1.29, 1.82) is 0 Å². The Morgan fingerprint density at radius 3 is 2.19 bits per heavy atom. The maximum Gasteiger partial charge on any atom is 0.337 e. The first kappa shape index (κ1) is 27.3. The van der Waals surface area contributed by atoms with E-state index in [1.165, 1.54) is 31.4 Å². The van der Waals surface area contributed by atoms with Crippen LogP contribution in [0, 0.1) is 5.92 Å². The summed E-state index contributed by atoms with van der Waals surface area (Å²) in [7, 11) is -2.68. The Balaban J connectivity index is 1.89. The lowest BCUT2D eigenvalue weighted by Gasteiger charge is -2.30. The second kappa shape index (κ2) is 12.1. The molecule has 1 amide bonds. The topological polar surface area (TPSA) is 106 Å². The van der Waals surface area contributed by atoms with E-state index in [1.54, 1.807) is 61.5 Å². The van der Waals surface area contributed by atoms with Gasteiger partial charge in [-0.15, -0.1) is 0 Å². The number of nitrogens with one attached hydrogen (secondary N) is 1. The number of carbonyl (C=O) groups is 2. The van der Waals surface area contributed by atoms with Gasteiger partial charge in [0.25, 0.3) is 0 Å². The van der Waals surface area contributed by atoms with Gasteiger partial charge in [-0.05, 0) is 59.5 Å². The third-order valence-electron chi connectivity index (χ3n) is 5.50. The van der Waals surface area contributed by atoms with Gasteiger partial charge >= 0.3 is 5.97 Å². The van der Waals surface area contributed by atoms with Gasteiger partial charge in [0.15, 0.2) is 0 Å². The number of carbonyl (C=O) groups excluding carboxylic acids is 2. The smallest absolute Gasteiger partial charge is 0.337 e. The highest BCUT2D eigenvalue weighted by molar-refractivity contribution is 7.89. The molecule has 1 atom stereocenters. The normalized spacial score (nSPS) is 12.2. The maximum atomic E-state index is 13.8. The SMILES string of the molecule is COC(=O)c1ccc(CN(Cc2cccnc2)C(=O)[C@@H](NS(=O)(=O)c2ccc(Cl)cc2)C(C)C)cc1. The van der Waals surface area contributed by atoms with Gasteiger partial charge in [-0.1, -0.05) is 43.6 Å². The van der Waals surface area contributed by atoms with E-state index >= 15 is 0 Å². The monoisotopic (exact) mass is 529 g/mol. The number of amides is 1. The number of hydrogen-bond acceptors (Lipinski definition) is 6. The van der Waals surface area contributed by atoms with Crippen molar-refractivity contribution in [2.24, 2.45) is 5.92 Å². The maximum absolute atomic E-state index is 13.8. The van der Waals surface area contributed by atoms with Crippen molar-refractivity contribution >= 4 is 33.5 Å². The first-order valence-corrected chi connectivity index (χ1v) is 13.1. The van der Waals surface area contributed by atoms with E-state index in [4.69, 9.17) is 16.3 Å². The molecule has 2 aromatic carbocycles. The van der Waals surface area contributed by atoms with E-state index in [-0.39, 0.29) is 29.8 Å². The molecule has 10 heteroatoms. The second-order valence-corrected chi connectivity index (χ2v) is 10.7. The number of esters is 1. The molecule has 0 bridgehead atoms. The number of sulfonamides is 1. The molecular weight excluding hydrogens is 502 g/mol. The van der Waals surface area contributed by atoms with E-state index in [0.29, 0.717) is 10.6 Å². The summed E-state index contributed by atoms with van der Waals surface area (Å²) in [6.07, 6.45) is 3.29. The van der Waals surface area contributed by atoms with Crippen molar-refractivity contribution in [3.8, 4) is 0 Å². The first-order valence-electron chi connectivity index (χ1n) is 11.2. The molecule has 3 aromatic rings. The Kier molecular flexibility index (Phi) is 9.19. The Labute approximate surface area is 216 Å². The zero-order chi connectivity index (χ0) is 26.3. The first-order chi connectivity index (χ1) is 17.1. The van der Waals surface area contributed by atoms with E-state index in [9.17, 15) is 18.0 Å². The highest BCUT2D eigenvalue weighted by atomic mass is 35.5. The van der Waals surface area contributed by atoms with Crippen molar-refractivity contribution < 1.29 is 22.7 Å². The lowest BCUT2D eigenvalue weighted by molar-refractivity contribution is -0.135. The fourth-order valence-electron chi connectivity index (χ4n) is 3.53. The molecule has 3 rings (SSSR count). The Morgan fingerprint density at radius 1 is 1.00 bits per heavy atom. The molecule has 36 heavy (non-hydrogen) atoms. The van der Waals surface area contributed by atoms with Crippen LogP contribution in [0.25, 0.3) is 0 Å². The van der Waals surface area contributed by atoms with Gasteiger partial charge in [0.2, 0.25) is 15.9 Å². The summed E-state index contributed by atoms with van der Waals surface area (Å²) in [6.45, 7) is 3.97. The van der Waals surface area contributed by atoms with Gasteiger partial charge in [0, 0.05) is 30.5 Å². The molecular formula is C26H28ClN3O5S. The van der Waals surface area contributed by atoms with Gasteiger partial charge < -0.3 is 9.64 Å². The van der Waals surface area contributed by atoms with Crippen LogP contribution < -0.4 is 4.72 Å². The van der Waals surface area contributed by atoms with Crippen LogP contribution in [0.4, 0.5) is 0 Å². The second-order valence-electron chi connectivity index (χ2n) is 8.54. The summed E-state index contributed by atoms with van der Waals surface area (Å²) < 4.78 is 33.4. The number of rotatable bonds is 10. The minimum absolute atomic E-state index is 0.0163. The van der Waals surface area contributed by atoms with Crippen LogP contribution >= 0.6 is 11.6 Å². The van der Waals surface area contributed by atoms with Crippen LogP contribution in [-0.2, 0) is 32.6 Å². The van der Waals surface area contributed by atoms with Crippen molar-refractivity contribution in [2.45, 2.75) is 37.9 Å². The molecule has 1 N–H and O–H groups in total. The fraction of sp³-hybridized carbons (Fsp3) is 0.269. The molecule has 0 saturated carbocycles. The minimum atomic E-state index is -3.98. The molecule has 0 aliphatic rings. The van der Waals surface area contributed by atoms with Crippen molar-refractivity contribution in [3.63, 3.8) is 0 Å². The minimum Gasteiger partial charge on any atom is -0.465 e. The van der Waals surface area contributed by atoms with Crippen molar-refractivity contribution in [3.05, 3.63) is 94.8 Å². The van der Waals surface area contributed by atoms with Crippen LogP contribution in [-0.4, -0.2) is 43.3 Å². The van der Waals surface area contributed by atoms with Crippen LogP contribution in [0.2, 0.25) is 5.02 Å². The molecule has 1 aromatic heterocycles. The summed E-state index contributed by atoms with van der Waals surface area (Å²) in [6, 6.07) is 15.1. The molecule has 8 nitrogen and oxygen atoms in total.